The van der Waals surface area contributed by atoms with Crippen molar-refractivity contribution in [1.82, 2.24) is 15.0 Å². The lowest BCUT2D eigenvalue weighted by atomic mass is 10.2. The molecule has 2 aromatic carbocycles. The number of aromatic nitrogens is 3. The van der Waals surface area contributed by atoms with Gasteiger partial charge in [-0.25, -0.2) is 5.43 Å². The van der Waals surface area contributed by atoms with Crippen LogP contribution in [0.3, 0.4) is 0 Å². The molecule has 1 saturated heterocycles. The maximum atomic E-state index is 11.1. The number of non-ortho nitro benzene ring substituents is 1. The molecule has 0 aliphatic carbocycles. The number of benzene rings is 2. The second kappa shape index (κ2) is 11.7. The molecule has 0 saturated carbocycles. The lowest BCUT2D eigenvalue weighted by molar-refractivity contribution is -0.384. The smallest absolute Gasteiger partial charge is 0.271 e. The summed E-state index contributed by atoms with van der Waals surface area (Å²) < 4.78 is 12.9. The molecule has 4 rings (SSSR count). The Balaban J connectivity index is 1.61. The summed E-state index contributed by atoms with van der Waals surface area (Å²) in [6.45, 7) is 2.37. The molecule has 1 fully saturated rings. The number of anilines is 4. The zero-order valence-corrected chi connectivity index (χ0v) is 22.8. The highest BCUT2D eigenvalue weighted by molar-refractivity contribution is 14.1. The third-order valence-electron chi connectivity index (χ3n) is 4.84. The summed E-state index contributed by atoms with van der Waals surface area (Å²) in [5.74, 6) is 1.59. The van der Waals surface area contributed by atoms with Crippen LogP contribution in [0.2, 0.25) is 0 Å². The summed E-state index contributed by atoms with van der Waals surface area (Å²) in [5, 5.41) is 18.4. The van der Waals surface area contributed by atoms with Crippen molar-refractivity contribution < 1.29 is 14.4 Å². The number of nitro benzene ring substituents is 1. The summed E-state index contributed by atoms with van der Waals surface area (Å²) in [6.07, 6.45) is 1.63. The van der Waals surface area contributed by atoms with E-state index >= 15 is 0 Å². The van der Waals surface area contributed by atoms with E-state index in [-0.39, 0.29) is 17.6 Å². The summed E-state index contributed by atoms with van der Waals surface area (Å²) in [4.78, 5) is 26.0. The van der Waals surface area contributed by atoms with Gasteiger partial charge in [0.1, 0.15) is 5.75 Å². The fourth-order valence-corrected chi connectivity index (χ4v) is 5.36. The Labute approximate surface area is 228 Å². The third kappa shape index (κ3) is 6.63. The Morgan fingerprint density at radius 3 is 2.69 bits per heavy atom. The van der Waals surface area contributed by atoms with Crippen molar-refractivity contribution in [2.75, 3.05) is 49.1 Å². The highest BCUT2D eigenvalue weighted by Crippen LogP contribution is 2.27. The Kier molecular flexibility index (Phi) is 8.45. The van der Waals surface area contributed by atoms with E-state index in [9.17, 15) is 10.1 Å². The molecule has 1 aliphatic rings. The van der Waals surface area contributed by atoms with E-state index < -0.39 is 4.92 Å². The Bertz CT molecular complexity index is 1250. The first-order valence-corrected chi connectivity index (χ1v) is 12.5. The fraction of sp³-hybridized carbons (Fsp3) is 0.238. The maximum Gasteiger partial charge on any atom is 0.271 e. The predicted octanol–water partition coefficient (Wildman–Crippen LogP) is 4.02. The second-order valence-corrected chi connectivity index (χ2v) is 9.60. The number of morpholine rings is 1. The number of nitrogens with one attached hydrogen (secondary N) is 2. The predicted molar refractivity (Wildman–Crippen MR) is 149 cm³/mol. The molecule has 0 unspecified atom stereocenters. The highest BCUT2D eigenvalue weighted by atomic mass is 127. The molecule has 0 amide bonds. The van der Waals surface area contributed by atoms with Gasteiger partial charge >= 0.3 is 0 Å². The molecule has 0 radical (unpaired) electrons. The largest absolute Gasteiger partial charge is 0.495 e. The zero-order valence-electron chi connectivity index (χ0n) is 18.4. The van der Waals surface area contributed by atoms with Crippen LogP contribution in [0.1, 0.15) is 5.56 Å². The van der Waals surface area contributed by atoms with Gasteiger partial charge in [0.05, 0.1) is 35.0 Å². The van der Waals surface area contributed by atoms with E-state index in [4.69, 9.17) is 9.47 Å². The van der Waals surface area contributed by atoms with Crippen molar-refractivity contribution in [3.8, 4) is 5.75 Å². The van der Waals surface area contributed by atoms with Gasteiger partial charge in [-0.05, 0) is 63.4 Å². The van der Waals surface area contributed by atoms with Crippen molar-refractivity contribution in [2.24, 2.45) is 5.10 Å². The SMILES string of the molecule is COc1c(I)cc(I)cc1/C=N/Nc1nc(Nc2cccc([N+](=O)[O-])c2)nc(N2CCOCC2)n1. The molecule has 1 aromatic heterocycles. The minimum Gasteiger partial charge on any atom is -0.495 e. The first-order valence-electron chi connectivity index (χ1n) is 10.4. The van der Waals surface area contributed by atoms with Crippen LogP contribution in [0.25, 0.3) is 0 Å². The number of hydrogen-bond donors (Lipinski definition) is 2. The number of nitro groups is 1. The van der Waals surface area contributed by atoms with Gasteiger partial charge in [0.25, 0.3) is 5.69 Å². The van der Waals surface area contributed by atoms with E-state index in [1.807, 2.05) is 17.0 Å². The van der Waals surface area contributed by atoms with Crippen LogP contribution in [-0.2, 0) is 4.74 Å². The topological polar surface area (TPSA) is 140 Å². The van der Waals surface area contributed by atoms with Crippen LogP contribution in [0.5, 0.6) is 5.75 Å². The average molecular weight is 702 g/mol. The van der Waals surface area contributed by atoms with E-state index in [0.29, 0.717) is 43.7 Å². The maximum absolute atomic E-state index is 11.1. The van der Waals surface area contributed by atoms with E-state index in [0.717, 1.165) is 12.7 Å². The number of hydrazone groups is 1. The summed E-state index contributed by atoms with van der Waals surface area (Å²) >= 11 is 4.45. The standard InChI is InChI=1S/C21H20I2N8O4/c1-34-18-13(9-14(22)10-17(18)23)12-24-29-20-26-19(25-15-3-2-4-16(11-15)31(32)33)27-21(28-20)30-5-7-35-8-6-30/h2-4,9-12H,5-8H2,1H3,(H2,25,26,27,28,29)/b24-12+. The monoisotopic (exact) mass is 702 g/mol. The summed E-state index contributed by atoms with van der Waals surface area (Å²) in [7, 11) is 1.61. The number of methoxy groups -OCH3 is 1. The molecule has 14 heteroatoms. The number of halogens is 2. The minimum atomic E-state index is -0.459. The van der Waals surface area contributed by atoms with E-state index in [1.165, 1.54) is 12.1 Å². The van der Waals surface area contributed by atoms with Gasteiger partial charge in [-0.3, -0.25) is 10.1 Å². The van der Waals surface area contributed by atoms with Gasteiger partial charge < -0.3 is 19.7 Å². The molecule has 2 N–H and O–H groups in total. The van der Waals surface area contributed by atoms with E-state index in [1.54, 1.807) is 25.5 Å². The third-order valence-corrected chi connectivity index (χ3v) is 6.26. The molecule has 0 spiro atoms. The molecule has 35 heavy (non-hydrogen) atoms. The molecule has 3 aromatic rings. The Hall–Kier alpha value is -2.86. The van der Waals surface area contributed by atoms with Crippen LogP contribution >= 0.6 is 45.2 Å². The van der Waals surface area contributed by atoms with Crippen LogP contribution in [0.15, 0.2) is 41.5 Å². The van der Waals surface area contributed by atoms with Gasteiger partial charge in [0.2, 0.25) is 17.8 Å². The quantitative estimate of drug-likeness (QED) is 0.153. The molecule has 182 valence electrons. The van der Waals surface area contributed by atoms with Gasteiger partial charge in [-0.15, -0.1) is 0 Å². The molecule has 2 heterocycles. The van der Waals surface area contributed by atoms with Crippen LogP contribution < -0.4 is 20.4 Å². The van der Waals surface area contributed by atoms with E-state index in [2.05, 4.69) is 76.0 Å². The van der Waals surface area contributed by atoms with Gasteiger partial charge in [0, 0.05) is 40.0 Å². The lowest BCUT2D eigenvalue weighted by Gasteiger charge is -2.27. The van der Waals surface area contributed by atoms with Crippen molar-refractivity contribution in [3.05, 3.63) is 59.2 Å². The Morgan fingerprint density at radius 2 is 1.94 bits per heavy atom. The molecular formula is C21H20I2N8O4. The molecular weight excluding hydrogens is 682 g/mol. The molecule has 0 bridgehead atoms. The molecule has 1 aliphatic heterocycles. The van der Waals surface area contributed by atoms with Crippen LogP contribution in [0.4, 0.5) is 29.2 Å². The van der Waals surface area contributed by atoms with Gasteiger partial charge in [0.15, 0.2) is 0 Å². The van der Waals surface area contributed by atoms with Crippen molar-refractivity contribution in [3.63, 3.8) is 0 Å². The van der Waals surface area contributed by atoms with Crippen LogP contribution in [-0.4, -0.2) is 59.5 Å². The van der Waals surface area contributed by atoms with Crippen molar-refractivity contribution in [1.29, 1.82) is 0 Å². The fourth-order valence-electron chi connectivity index (χ4n) is 3.25. The first-order chi connectivity index (χ1) is 16.9. The van der Waals surface area contributed by atoms with Gasteiger partial charge in [-0.2, -0.15) is 20.1 Å². The first kappa shape index (κ1) is 25.2. The van der Waals surface area contributed by atoms with Gasteiger partial charge in [-0.1, -0.05) is 6.07 Å². The molecule has 12 nitrogen and oxygen atoms in total. The average Bonchev–Trinajstić information content (AvgIpc) is 2.84. The minimum absolute atomic E-state index is 0.0403. The highest BCUT2D eigenvalue weighted by Gasteiger charge is 2.17. The van der Waals surface area contributed by atoms with Crippen LogP contribution in [0, 0.1) is 17.3 Å². The summed E-state index contributed by atoms with van der Waals surface area (Å²) in [6, 6.07) is 10.1. The Morgan fingerprint density at radius 1 is 1.17 bits per heavy atom. The van der Waals surface area contributed by atoms with Crippen molar-refractivity contribution in [2.45, 2.75) is 0 Å². The summed E-state index contributed by atoms with van der Waals surface area (Å²) in [5.41, 5.74) is 4.10. The number of ether oxygens (including phenoxy) is 2. The van der Waals surface area contributed by atoms with Crippen molar-refractivity contribution >= 4 is 80.6 Å². The second-order valence-electron chi connectivity index (χ2n) is 7.19. The normalized spacial score (nSPS) is 13.6. The number of nitrogens with zero attached hydrogens (tertiary/aromatic N) is 6. The number of rotatable bonds is 8. The molecule has 0 atom stereocenters. The number of hydrogen-bond acceptors (Lipinski definition) is 11. The lowest BCUT2D eigenvalue weighted by Crippen LogP contribution is -2.37. The zero-order chi connectivity index (χ0) is 24.8.